The maximum Gasteiger partial charge on any atom is 0.340 e. The molecule has 2 heterocycles. The predicted octanol–water partition coefficient (Wildman–Crippen LogP) is 4.58. The molecule has 2 aliphatic rings. The summed E-state index contributed by atoms with van der Waals surface area (Å²) in [6, 6.07) is 11.8. The third kappa shape index (κ3) is 9.61. The number of carbonyl (C=O) groups is 8. The lowest BCUT2D eigenvalue weighted by Crippen LogP contribution is -2.37. The molecule has 0 unspecified atom stereocenters. The third-order valence-electron chi connectivity index (χ3n) is 9.06. The largest absolute Gasteiger partial charge is 0.495 e. The first kappa shape index (κ1) is 44.5. The zero-order chi connectivity index (χ0) is 45.7. The van der Waals surface area contributed by atoms with Crippen molar-refractivity contribution in [2.24, 2.45) is 0 Å². The molecule has 0 atom stereocenters. The van der Waals surface area contributed by atoms with Gasteiger partial charge in [0, 0.05) is 56.6 Å². The van der Waals surface area contributed by atoms with Gasteiger partial charge in [0.25, 0.3) is 5.91 Å². The van der Waals surface area contributed by atoms with Crippen molar-refractivity contribution in [1.82, 2.24) is 0 Å². The predicted molar refractivity (Wildman–Crippen MR) is 206 cm³/mol. The molecule has 21 heteroatoms. The molecule has 0 saturated carbocycles. The first-order chi connectivity index (χ1) is 29.9. The van der Waals surface area contributed by atoms with Gasteiger partial charge >= 0.3 is 41.8 Å². The van der Waals surface area contributed by atoms with E-state index in [9.17, 15) is 38.4 Å². The molecule has 19 nitrogen and oxygen atoms in total. The van der Waals surface area contributed by atoms with E-state index in [0.717, 1.165) is 56.9 Å². The van der Waals surface area contributed by atoms with Crippen LogP contribution in [0.25, 0.3) is 0 Å². The minimum absolute atomic E-state index is 0.0256. The van der Waals surface area contributed by atoms with Crippen LogP contribution in [-0.2, 0) is 58.1 Å². The Morgan fingerprint density at radius 1 is 0.651 bits per heavy atom. The average molecular weight is 877 g/mol. The number of ether oxygens (including phenoxy) is 9. The summed E-state index contributed by atoms with van der Waals surface area (Å²) in [5.74, 6) is -10.4. The van der Waals surface area contributed by atoms with Crippen LogP contribution in [-0.4, -0.2) is 81.5 Å². The maximum absolute atomic E-state index is 15.5. The molecule has 0 fully saturated rings. The van der Waals surface area contributed by atoms with Crippen LogP contribution in [0, 0.1) is 11.6 Å². The molecule has 0 aromatic heterocycles. The zero-order valence-electron chi connectivity index (χ0n) is 33.7. The molecular formula is C42H34F2N2O17. The summed E-state index contributed by atoms with van der Waals surface area (Å²) in [7, 11) is 1.29. The molecule has 4 aromatic carbocycles. The number of carbonyl (C=O) groups excluding carboxylic acids is 8. The van der Waals surface area contributed by atoms with Crippen LogP contribution in [0.2, 0.25) is 0 Å². The monoisotopic (exact) mass is 876 g/mol. The number of hydrogen-bond donors (Lipinski definition) is 1. The Kier molecular flexibility index (Phi) is 12.9. The van der Waals surface area contributed by atoms with E-state index in [4.69, 9.17) is 33.2 Å². The number of hydrogen-bond acceptors (Lipinski definition) is 18. The lowest BCUT2D eigenvalue weighted by Gasteiger charge is -2.36. The fraction of sp³-hybridized carbons (Fsp3) is 0.238. The third-order valence-corrected chi connectivity index (χ3v) is 9.06. The number of fused-ring (bicyclic) bond motifs is 6. The summed E-state index contributed by atoms with van der Waals surface area (Å²) in [4.78, 5) is 100. The van der Waals surface area contributed by atoms with E-state index in [1.54, 1.807) is 0 Å². The van der Waals surface area contributed by atoms with Crippen LogP contribution in [0.5, 0.6) is 28.7 Å². The van der Waals surface area contributed by atoms with Gasteiger partial charge in [-0.1, -0.05) is 6.07 Å². The fourth-order valence-corrected chi connectivity index (χ4v) is 6.53. The molecule has 0 aliphatic carbocycles. The molecular weight excluding hydrogens is 842 g/mol. The van der Waals surface area contributed by atoms with Gasteiger partial charge in [-0.25, -0.2) is 13.6 Å². The summed E-state index contributed by atoms with van der Waals surface area (Å²) >= 11 is 0. The number of anilines is 2. The number of nitrogens with one attached hydrogen (secondary N) is 1. The van der Waals surface area contributed by atoms with E-state index in [1.165, 1.54) is 43.5 Å². The summed E-state index contributed by atoms with van der Waals surface area (Å²) in [6.45, 7) is 1.53. The van der Waals surface area contributed by atoms with Gasteiger partial charge in [-0.05, 0) is 42.5 Å². The maximum atomic E-state index is 15.5. The standard InChI is InChI=1S/C42H34F2N2O17/c1-20(47)56-18-58-38(51)16-46(17-39(52)59-19-57-21(2)48)32-11-25(7-9-33(32)55-5)45-40(53)24-6-8-27-26(10-24)41(54)63-42(27)28-12-30(43)36(60-22(3)49)14-34(28)62-35-15-37(61-23(4)50)31(44)13-29(35)42/h6-15H,16-19H2,1-5H3,(H,45,53). The number of nitrogens with zero attached hydrogens (tertiary/aromatic N) is 1. The van der Waals surface area contributed by atoms with Gasteiger partial charge in [-0.3, -0.25) is 33.6 Å². The molecule has 6 rings (SSSR count). The number of halogens is 2. The Bertz CT molecular complexity index is 2490. The highest BCUT2D eigenvalue weighted by atomic mass is 19.1. The Labute approximate surface area is 354 Å². The summed E-state index contributed by atoms with van der Waals surface area (Å²) < 4.78 is 77.6. The average Bonchev–Trinajstić information content (AvgIpc) is 3.49. The van der Waals surface area contributed by atoms with Crippen LogP contribution < -0.4 is 29.2 Å². The second kappa shape index (κ2) is 18.3. The van der Waals surface area contributed by atoms with Crippen molar-refractivity contribution in [2.75, 3.05) is 44.0 Å². The van der Waals surface area contributed by atoms with Gasteiger partial charge in [0.2, 0.25) is 13.6 Å². The van der Waals surface area contributed by atoms with Crippen molar-refractivity contribution >= 4 is 59.1 Å². The van der Waals surface area contributed by atoms with E-state index in [-0.39, 0.29) is 56.4 Å². The first-order valence-corrected chi connectivity index (χ1v) is 18.3. The number of esters is 7. The number of benzene rings is 4. The number of rotatable bonds is 14. The van der Waals surface area contributed by atoms with Crippen LogP contribution in [0.3, 0.4) is 0 Å². The van der Waals surface area contributed by atoms with Crippen molar-refractivity contribution in [3.63, 3.8) is 0 Å². The molecule has 0 radical (unpaired) electrons. The Hall–Kier alpha value is -8.10. The first-order valence-electron chi connectivity index (χ1n) is 18.3. The van der Waals surface area contributed by atoms with Gasteiger partial charge < -0.3 is 52.8 Å². The van der Waals surface area contributed by atoms with Gasteiger partial charge in [0.1, 0.15) is 30.3 Å². The Morgan fingerprint density at radius 2 is 1.19 bits per heavy atom. The van der Waals surface area contributed by atoms with Gasteiger partial charge in [-0.15, -0.1) is 0 Å². The summed E-state index contributed by atoms with van der Waals surface area (Å²) in [5.41, 5.74) is -2.56. The molecule has 1 amide bonds. The number of methoxy groups -OCH3 is 1. The second-order valence-corrected chi connectivity index (χ2v) is 13.4. The fourth-order valence-electron chi connectivity index (χ4n) is 6.53. The van der Waals surface area contributed by atoms with E-state index < -0.39 is 103 Å². The molecule has 63 heavy (non-hydrogen) atoms. The molecule has 1 spiro atoms. The highest BCUT2D eigenvalue weighted by Crippen LogP contribution is 2.58. The van der Waals surface area contributed by atoms with Crippen LogP contribution >= 0.6 is 0 Å². The van der Waals surface area contributed by atoms with E-state index in [0.29, 0.717) is 0 Å². The minimum Gasteiger partial charge on any atom is -0.495 e. The van der Waals surface area contributed by atoms with E-state index in [1.807, 2.05) is 0 Å². The van der Waals surface area contributed by atoms with E-state index >= 15 is 8.78 Å². The topological polar surface area (TPSA) is 235 Å². The molecule has 0 bridgehead atoms. The molecule has 4 aromatic rings. The normalized spacial score (nSPS) is 12.5. The van der Waals surface area contributed by atoms with Gasteiger partial charge in [0.15, 0.2) is 28.7 Å². The Morgan fingerprint density at radius 3 is 1.68 bits per heavy atom. The number of amides is 1. The zero-order valence-corrected chi connectivity index (χ0v) is 33.7. The highest BCUT2D eigenvalue weighted by Gasteiger charge is 2.54. The van der Waals surface area contributed by atoms with Gasteiger partial charge in [-0.2, -0.15) is 0 Å². The molecule has 2 aliphatic heterocycles. The van der Waals surface area contributed by atoms with Crippen molar-refractivity contribution in [2.45, 2.75) is 33.3 Å². The molecule has 0 saturated heterocycles. The lowest BCUT2D eigenvalue weighted by molar-refractivity contribution is -0.165. The summed E-state index contributed by atoms with van der Waals surface area (Å²) in [5, 5.41) is 2.65. The van der Waals surface area contributed by atoms with Gasteiger partial charge in [0.05, 0.1) is 29.5 Å². The van der Waals surface area contributed by atoms with Crippen molar-refractivity contribution < 1.29 is 89.8 Å². The van der Waals surface area contributed by atoms with Crippen molar-refractivity contribution in [1.29, 1.82) is 0 Å². The van der Waals surface area contributed by atoms with E-state index in [2.05, 4.69) is 14.8 Å². The quantitative estimate of drug-likeness (QED) is 0.0790. The molecule has 1 N–H and O–H groups in total. The van der Waals surface area contributed by atoms with Crippen LogP contribution in [0.15, 0.2) is 60.7 Å². The van der Waals surface area contributed by atoms with Crippen LogP contribution in [0.4, 0.5) is 20.2 Å². The smallest absolute Gasteiger partial charge is 0.340 e. The Balaban J connectivity index is 1.35. The molecule has 328 valence electrons. The highest BCUT2D eigenvalue weighted by molar-refractivity contribution is 6.07. The SMILES string of the molecule is COc1ccc(NC(=O)c2ccc3c(c2)C(=O)OC32c3cc(F)c(OC(C)=O)cc3Oc3cc(OC(C)=O)c(F)cc32)cc1N(CC(=O)OCOC(C)=O)CC(=O)OCOC(C)=O. The van der Waals surface area contributed by atoms with Crippen molar-refractivity contribution in [3.05, 3.63) is 100 Å². The van der Waals surface area contributed by atoms with Crippen LogP contribution in [0.1, 0.15) is 65.1 Å². The lowest BCUT2D eigenvalue weighted by atomic mass is 9.77. The minimum atomic E-state index is -2.11. The second-order valence-electron chi connectivity index (χ2n) is 13.4. The summed E-state index contributed by atoms with van der Waals surface area (Å²) in [6.07, 6.45) is 0. The van der Waals surface area contributed by atoms with Crippen molar-refractivity contribution in [3.8, 4) is 28.7 Å².